The molecule has 0 aliphatic carbocycles. The molecule has 1 atom stereocenters. The molecule has 0 bridgehead atoms. The number of allylic oxidation sites excluding steroid dienone is 1. The van der Waals surface area contributed by atoms with Gasteiger partial charge in [-0.3, -0.25) is 19.5 Å². The number of halogens is 1. The number of fused-ring (bicyclic) bond motifs is 1. The molecule has 1 aliphatic rings. The largest absolute Gasteiger partial charge is 0.463 e. The number of rotatable bonds is 6. The van der Waals surface area contributed by atoms with E-state index in [1.54, 1.807) is 44.2 Å². The van der Waals surface area contributed by atoms with Crippen LogP contribution in [0.3, 0.4) is 0 Å². The number of carbonyl (C=O) groups is 1. The first-order valence-electron chi connectivity index (χ1n) is 11.6. The van der Waals surface area contributed by atoms with Crippen molar-refractivity contribution in [1.29, 1.82) is 0 Å². The molecule has 0 amide bonds. The lowest BCUT2D eigenvalue weighted by Crippen LogP contribution is -2.39. The summed E-state index contributed by atoms with van der Waals surface area (Å²) < 4.78 is 14.2. The summed E-state index contributed by atoms with van der Waals surface area (Å²) in [6, 6.07) is 16.0. The maximum atomic E-state index is 13.7. The molecule has 0 N–H and O–H groups in total. The standard InChI is InChI=1S/C27H20BrN3O6S/c1-3-36-26(33)23-15(2)29-27-30(25(32)22(38-27)13-16-7-9-18(28)10-8-16)24(23)21-12-11-20(37-21)17-5-4-6-19(14-17)31(34)35/h4-14,24H,3H2,1-2H3/b22-13-/t24-/m1/s1. The van der Waals surface area contributed by atoms with E-state index in [1.807, 2.05) is 24.3 Å². The van der Waals surface area contributed by atoms with Crippen LogP contribution in [-0.2, 0) is 9.53 Å². The van der Waals surface area contributed by atoms with Gasteiger partial charge in [0.25, 0.3) is 11.2 Å². The lowest BCUT2D eigenvalue weighted by atomic mass is 10.0. The quantitative estimate of drug-likeness (QED) is 0.181. The summed E-state index contributed by atoms with van der Waals surface area (Å²) in [4.78, 5) is 42.5. The summed E-state index contributed by atoms with van der Waals surface area (Å²) in [5, 5.41) is 11.2. The number of nitro benzene ring substituents is 1. The summed E-state index contributed by atoms with van der Waals surface area (Å²) in [7, 11) is 0. The minimum Gasteiger partial charge on any atom is -0.463 e. The fourth-order valence-electron chi connectivity index (χ4n) is 4.20. The molecule has 1 aliphatic heterocycles. The minimum absolute atomic E-state index is 0.0793. The maximum Gasteiger partial charge on any atom is 0.338 e. The zero-order chi connectivity index (χ0) is 27.0. The van der Waals surface area contributed by atoms with Crippen molar-refractivity contribution in [2.24, 2.45) is 4.99 Å². The van der Waals surface area contributed by atoms with Gasteiger partial charge < -0.3 is 9.15 Å². The highest BCUT2D eigenvalue weighted by atomic mass is 79.9. The number of ether oxygens (including phenoxy) is 1. The third-order valence-electron chi connectivity index (χ3n) is 5.92. The highest BCUT2D eigenvalue weighted by Gasteiger charge is 2.35. The van der Waals surface area contributed by atoms with Crippen LogP contribution in [0.25, 0.3) is 17.4 Å². The van der Waals surface area contributed by atoms with Crippen LogP contribution in [0.2, 0.25) is 0 Å². The van der Waals surface area contributed by atoms with E-state index in [4.69, 9.17) is 9.15 Å². The Labute approximate surface area is 228 Å². The summed E-state index contributed by atoms with van der Waals surface area (Å²) >= 11 is 4.62. The normalized spacial score (nSPS) is 15.2. The van der Waals surface area contributed by atoms with Crippen molar-refractivity contribution in [2.45, 2.75) is 19.9 Å². The Hall–Kier alpha value is -4.09. The molecule has 0 radical (unpaired) electrons. The molecule has 4 aromatic rings. The lowest BCUT2D eigenvalue weighted by molar-refractivity contribution is -0.384. The number of carbonyl (C=O) groups excluding carboxylic acids is 1. The Morgan fingerprint density at radius 3 is 2.71 bits per heavy atom. The van der Waals surface area contributed by atoms with Gasteiger partial charge in [0.15, 0.2) is 4.80 Å². The van der Waals surface area contributed by atoms with Crippen LogP contribution < -0.4 is 14.9 Å². The smallest absolute Gasteiger partial charge is 0.338 e. The van der Waals surface area contributed by atoms with Crippen molar-refractivity contribution in [1.82, 2.24) is 4.57 Å². The molecule has 38 heavy (non-hydrogen) atoms. The fraction of sp³-hybridized carbons (Fsp3) is 0.148. The van der Waals surface area contributed by atoms with Crippen molar-refractivity contribution in [3.63, 3.8) is 0 Å². The molecule has 5 rings (SSSR count). The van der Waals surface area contributed by atoms with Gasteiger partial charge in [0.2, 0.25) is 0 Å². The highest BCUT2D eigenvalue weighted by Crippen LogP contribution is 2.34. The second-order valence-corrected chi connectivity index (χ2v) is 10.3. The lowest BCUT2D eigenvalue weighted by Gasteiger charge is -2.22. The number of hydrogen-bond donors (Lipinski definition) is 0. The molecule has 0 saturated heterocycles. The first-order chi connectivity index (χ1) is 18.3. The number of furan rings is 1. The predicted octanol–water partition coefficient (Wildman–Crippen LogP) is 4.73. The molecule has 0 spiro atoms. The first kappa shape index (κ1) is 25.6. The number of nitrogens with zero attached hydrogens (tertiary/aromatic N) is 3. The molecule has 3 heterocycles. The Balaban J connectivity index is 1.67. The van der Waals surface area contributed by atoms with Gasteiger partial charge in [-0.05, 0) is 49.8 Å². The van der Waals surface area contributed by atoms with E-state index < -0.39 is 16.9 Å². The zero-order valence-electron chi connectivity index (χ0n) is 20.2. The highest BCUT2D eigenvalue weighted by molar-refractivity contribution is 9.10. The molecule has 11 heteroatoms. The van der Waals surface area contributed by atoms with Crippen molar-refractivity contribution in [3.8, 4) is 11.3 Å². The monoisotopic (exact) mass is 593 g/mol. The van der Waals surface area contributed by atoms with E-state index in [-0.39, 0.29) is 23.4 Å². The third kappa shape index (κ3) is 4.77. The van der Waals surface area contributed by atoms with Crippen molar-refractivity contribution >= 4 is 45.0 Å². The minimum atomic E-state index is -0.926. The molecular formula is C27H20BrN3O6S. The number of esters is 1. The first-order valence-corrected chi connectivity index (χ1v) is 13.2. The van der Waals surface area contributed by atoms with Gasteiger partial charge in [-0.25, -0.2) is 9.79 Å². The van der Waals surface area contributed by atoms with Gasteiger partial charge in [-0.15, -0.1) is 0 Å². The molecule has 0 fully saturated rings. The Morgan fingerprint density at radius 1 is 1.24 bits per heavy atom. The van der Waals surface area contributed by atoms with Gasteiger partial charge in [0.05, 0.1) is 27.3 Å². The summed E-state index contributed by atoms with van der Waals surface area (Å²) in [6.07, 6.45) is 1.77. The van der Waals surface area contributed by atoms with Gasteiger partial charge in [-0.2, -0.15) is 0 Å². The van der Waals surface area contributed by atoms with Gasteiger partial charge in [0, 0.05) is 22.2 Å². The second kappa shape index (κ2) is 10.3. The van der Waals surface area contributed by atoms with E-state index in [0.29, 0.717) is 32.1 Å². The number of hydrogen-bond acceptors (Lipinski definition) is 8. The number of nitro groups is 1. The summed E-state index contributed by atoms with van der Waals surface area (Å²) in [5.41, 5.74) is 1.52. The summed E-state index contributed by atoms with van der Waals surface area (Å²) in [5.74, 6) is 0.0629. The van der Waals surface area contributed by atoms with Crippen LogP contribution in [0, 0.1) is 10.1 Å². The van der Waals surface area contributed by atoms with Crippen molar-refractivity contribution < 1.29 is 18.9 Å². The number of non-ortho nitro benzene ring substituents is 1. The molecule has 0 saturated carbocycles. The van der Waals surface area contributed by atoms with Crippen LogP contribution in [-0.4, -0.2) is 22.1 Å². The van der Waals surface area contributed by atoms with E-state index in [9.17, 15) is 19.7 Å². The third-order valence-corrected chi connectivity index (χ3v) is 7.43. The molecule has 2 aromatic heterocycles. The average Bonchev–Trinajstić information content (AvgIpc) is 3.50. The van der Waals surface area contributed by atoms with E-state index in [2.05, 4.69) is 20.9 Å². The Bertz CT molecular complexity index is 1780. The number of benzene rings is 2. The van der Waals surface area contributed by atoms with Gasteiger partial charge >= 0.3 is 5.97 Å². The zero-order valence-corrected chi connectivity index (χ0v) is 22.6. The fourth-order valence-corrected chi connectivity index (χ4v) is 5.51. The van der Waals surface area contributed by atoms with Crippen LogP contribution >= 0.6 is 27.3 Å². The Morgan fingerprint density at radius 2 is 2.00 bits per heavy atom. The molecule has 9 nitrogen and oxygen atoms in total. The molecule has 2 aromatic carbocycles. The summed E-state index contributed by atoms with van der Waals surface area (Å²) in [6.45, 7) is 3.53. The van der Waals surface area contributed by atoms with E-state index >= 15 is 0 Å². The molecular weight excluding hydrogens is 574 g/mol. The number of thiazole rings is 1. The van der Waals surface area contributed by atoms with E-state index in [1.165, 1.54) is 28.0 Å². The van der Waals surface area contributed by atoms with E-state index in [0.717, 1.165) is 10.0 Å². The molecule has 192 valence electrons. The van der Waals surface area contributed by atoms with Crippen LogP contribution in [0.1, 0.15) is 31.2 Å². The second-order valence-electron chi connectivity index (χ2n) is 8.36. The van der Waals surface area contributed by atoms with Crippen molar-refractivity contribution in [3.05, 3.63) is 118 Å². The van der Waals surface area contributed by atoms with Crippen LogP contribution in [0.5, 0.6) is 0 Å². The average molecular weight is 594 g/mol. The molecule has 0 unspecified atom stereocenters. The van der Waals surface area contributed by atoms with Crippen LogP contribution in [0.4, 0.5) is 5.69 Å². The number of aromatic nitrogens is 1. The van der Waals surface area contributed by atoms with Crippen LogP contribution in [0.15, 0.2) is 90.6 Å². The van der Waals surface area contributed by atoms with Gasteiger partial charge in [0.1, 0.15) is 17.6 Å². The maximum absolute atomic E-state index is 13.7. The van der Waals surface area contributed by atoms with Gasteiger partial charge in [-0.1, -0.05) is 51.5 Å². The van der Waals surface area contributed by atoms with Crippen molar-refractivity contribution in [2.75, 3.05) is 6.61 Å². The topological polar surface area (TPSA) is 117 Å². The Kier molecular flexibility index (Phi) is 6.96. The predicted molar refractivity (Wildman–Crippen MR) is 145 cm³/mol. The SMILES string of the molecule is CCOC(=O)C1=C(C)N=c2s/c(=C\c3ccc(Br)cc3)c(=O)n2[C@@H]1c1ccc(-c2cccc([N+](=O)[O-])c2)o1.